The number of unbranched alkanes of at least 4 members (excludes halogenated alkanes) is 2. The van der Waals surface area contributed by atoms with Gasteiger partial charge in [-0.2, -0.15) is 0 Å². The molecular weight excluding hydrogens is 326 g/mol. The number of carbonyl (C=O) groups excluding carboxylic acids is 3. The smallest absolute Gasteiger partial charge is 0.419 e. The maximum absolute atomic E-state index is 12.3. The molecule has 0 saturated heterocycles. The van der Waals surface area contributed by atoms with Crippen LogP contribution in [0.5, 0.6) is 0 Å². The zero-order valence-corrected chi connectivity index (χ0v) is 16.4. The van der Waals surface area contributed by atoms with Crippen molar-refractivity contribution in [1.29, 1.82) is 0 Å². The molecule has 25 heavy (non-hydrogen) atoms. The van der Waals surface area contributed by atoms with Gasteiger partial charge in [0, 0.05) is 12.6 Å². The highest BCUT2D eigenvalue weighted by atomic mass is 16.6. The SMILES string of the molecule is COC(=O)/C=C/CCCCN(C(=O)OC(C)(C)C)C(=O)OC(C)(C)C. The maximum atomic E-state index is 12.3. The average molecular weight is 357 g/mol. The predicted molar refractivity (Wildman–Crippen MR) is 94.2 cm³/mol. The van der Waals surface area contributed by atoms with Crippen LogP contribution in [0.25, 0.3) is 0 Å². The maximum Gasteiger partial charge on any atom is 0.419 e. The minimum atomic E-state index is -0.730. The molecule has 0 aliphatic rings. The van der Waals surface area contributed by atoms with Crippen LogP contribution >= 0.6 is 0 Å². The molecule has 0 aromatic rings. The van der Waals surface area contributed by atoms with Crippen molar-refractivity contribution in [1.82, 2.24) is 4.90 Å². The second-order valence-electron chi connectivity index (χ2n) is 7.53. The Kier molecular flexibility index (Phi) is 9.23. The van der Waals surface area contributed by atoms with E-state index >= 15 is 0 Å². The van der Waals surface area contributed by atoms with E-state index in [2.05, 4.69) is 4.74 Å². The van der Waals surface area contributed by atoms with Crippen LogP contribution in [0.4, 0.5) is 9.59 Å². The van der Waals surface area contributed by atoms with E-state index in [-0.39, 0.29) is 6.54 Å². The second-order valence-corrected chi connectivity index (χ2v) is 7.53. The van der Waals surface area contributed by atoms with Gasteiger partial charge < -0.3 is 14.2 Å². The van der Waals surface area contributed by atoms with Gasteiger partial charge in [0.05, 0.1) is 7.11 Å². The molecular formula is C18H31NO6. The molecule has 0 N–H and O–H groups in total. The highest BCUT2D eigenvalue weighted by Gasteiger charge is 2.30. The molecule has 0 aromatic heterocycles. The largest absolute Gasteiger partial charge is 0.466 e. The van der Waals surface area contributed by atoms with Crippen molar-refractivity contribution in [2.45, 2.75) is 72.0 Å². The van der Waals surface area contributed by atoms with Crippen LogP contribution in [0, 0.1) is 0 Å². The number of allylic oxidation sites excluding steroid dienone is 1. The zero-order valence-electron chi connectivity index (χ0n) is 16.4. The molecule has 7 nitrogen and oxygen atoms in total. The molecule has 0 unspecified atom stereocenters. The Balaban J connectivity index is 4.69. The number of nitrogens with zero attached hydrogens (tertiary/aromatic N) is 1. The lowest BCUT2D eigenvalue weighted by atomic mass is 10.2. The summed E-state index contributed by atoms with van der Waals surface area (Å²) in [5, 5.41) is 0. The standard InChI is InChI=1S/C18H31NO6/c1-17(2,3)24-15(21)19(16(22)25-18(4,5)6)13-11-9-8-10-12-14(20)23-7/h10,12H,8-9,11,13H2,1-7H3/b12-10+. The van der Waals surface area contributed by atoms with Crippen LogP contribution in [0.3, 0.4) is 0 Å². The summed E-state index contributed by atoms with van der Waals surface area (Å²) in [5.41, 5.74) is -1.42. The quantitative estimate of drug-likeness (QED) is 0.309. The van der Waals surface area contributed by atoms with E-state index in [1.54, 1.807) is 47.6 Å². The number of amides is 2. The van der Waals surface area contributed by atoms with Crippen molar-refractivity contribution in [3.8, 4) is 0 Å². The number of hydrogen-bond donors (Lipinski definition) is 0. The molecule has 7 heteroatoms. The van der Waals surface area contributed by atoms with Crippen LogP contribution in [0.2, 0.25) is 0 Å². The summed E-state index contributed by atoms with van der Waals surface area (Å²) < 4.78 is 15.0. The zero-order chi connectivity index (χ0) is 19.7. The van der Waals surface area contributed by atoms with Crippen LogP contribution in [0.1, 0.15) is 60.8 Å². The topological polar surface area (TPSA) is 82.1 Å². The molecule has 0 bridgehead atoms. The molecule has 0 aromatic carbocycles. The van der Waals surface area contributed by atoms with E-state index in [1.165, 1.54) is 13.2 Å². The van der Waals surface area contributed by atoms with Crippen molar-refractivity contribution >= 4 is 18.2 Å². The number of rotatable bonds is 6. The average Bonchev–Trinajstić information content (AvgIpc) is 2.41. The first-order chi connectivity index (χ1) is 11.4. The van der Waals surface area contributed by atoms with Gasteiger partial charge in [0.15, 0.2) is 0 Å². The Morgan fingerprint density at radius 3 is 1.76 bits per heavy atom. The molecule has 0 fully saturated rings. The van der Waals surface area contributed by atoms with Crippen molar-refractivity contribution in [2.75, 3.05) is 13.7 Å². The van der Waals surface area contributed by atoms with Gasteiger partial charge in [0.1, 0.15) is 11.2 Å². The monoisotopic (exact) mass is 357 g/mol. The highest BCUT2D eigenvalue weighted by Crippen LogP contribution is 2.15. The Morgan fingerprint density at radius 2 is 1.36 bits per heavy atom. The number of carbonyl (C=O) groups is 3. The van der Waals surface area contributed by atoms with E-state index in [4.69, 9.17) is 9.47 Å². The number of ether oxygens (including phenoxy) is 3. The first-order valence-corrected chi connectivity index (χ1v) is 8.33. The summed E-state index contributed by atoms with van der Waals surface area (Å²) in [5.74, 6) is -0.413. The van der Waals surface area contributed by atoms with Crippen molar-refractivity contribution in [3.05, 3.63) is 12.2 Å². The summed E-state index contributed by atoms with van der Waals surface area (Å²) in [6, 6.07) is 0. The van der Waals surface area contributed by atoms with Gasteiger partial charge in [0.2, 0.25) is 0 Å². The molecule has 0 heterocycles. The fraction of sp³-hybridized carbons (Fsp3) is 0.722. The molecule has 0 radical (unpaired) electrons. The molecule has 0 spiro atoms. The van der Waals surface area contributed by atoms with Crippen LogP contribution in [-0.4, -0.2) is 47.9 Å². The predicted octanol–water partition coefficient (Wildman–Crippen LogP) is 4.06. The van der Waals surface area contributed by atoms with E-state index < -0.39 is 29.4 Å². The second kappa shape index (κ2) is 10.1. The highest BCUT2D eigenvalue weighted by molar-refractivity contribution is 5.88. The third-order valence-electron chi connectivity index (χ3n) is 2.69. The lowest BCUT2D eigenvalue weighted by Gasteiger charge is -2.28. The van der Waals surface area contributed by atoms with Gasteiger partial charge >= 0.3 is 18.2 Å². The lowest BCUT2D eigenvalue weighted by molar-refractivity contribution is -0.134. The number of esters is 1. The van der Waals surface area contributed by atoms with Gasteiger partial charge in [-0.15, -0.1) is 0 Å². The van der Waals surface area contributed by atoms with E-state index in [9.17, 15) is 14.4 Å². The Bertz CT molecular complexity index is 457. The Hall–Kier alpha value is -2.05. The third kappa shape index (κ3) is 12.0. The van der Waals surface area contributed by atoms with Gasteiger partial charge in [-0.1, -0.05) is 6.08 Å². The normalized spacial score (nSPS) is 12.0. The molecule has 0 aliphatic carbocycles. The molecule has 0 rings (SSSR count). The van der Waals surface area contributed by atoms with Crippen LogP contribution in [-0.2, 0) is 19.0 Å². The van der Waals surface area contributed by atoms with Crippen molar-refractivity contribution in [2.24, 2.45) is 0 Å². The number of imide groups is 1. The van der Waals surface area contributed by atoms with E-state index in [0.717, 1.165) is 4.90 Å². The van der Waals surface area contributed by atoms with Crippen LogP contribution in [0.15, 0.2) is 12.2 Å². The summed E-state index contributed by atoms with van der Waals surface area (Å²) in [4.78, 5) is 36.5. The Labute approximate surface area is 150 Å². The van der Waals surface area contributed by atoms with E-state index in [0.29, 0.717) is 19.3 Å². The minimum absolute atomic E-state index is 0.176. The molecule has 0 atom stereocenters. The fourth-order valence-electron chi connectivity index (χ4n) is 1.67. The summed E-state index contributed by atoms with van der Waals surface area (Å²) in [7, 11) is 1.31. The van der Waals surface area contributed by atoms with Gasteiger partial charge in [-0.25, -0.2) is 19.3 Å². The first kappa shape index (κ1) is 22.9. The molecule has 144 valence electrons. The van der Waals surface area contributed by atoms with Crippen molar-refractivity contribution in [3.63, 3.8) is 0 Å². The first-order valence-electron chi connectivity index (χ1n) is 8.33. The van der Waals surface area contributed by atoms with Gasteiger partial charge in [0.25, 0.3) is 0 Å². The summed E-state index contributed by atoms with van der Waals surface area (Å²) >= 11 is 0. The Morgan fingerprint density at radius 1 is 0.880 bits per heavy atom. The molecule has 0 saturated carbocycles. The summed E-state index contributed by atoms with van der Waals surface area (Å²) in [6.07, 6.45) is 3.46. The van der Waals surface area contributed by atoms with Crippen LogP contribution < -0.4 is 0 Å². The van der Waals surface area contributed by atoms with E-state index in [1.807, 2.05) is 0 Å². The minimum Gasteiger partial charge on any atom is -0.466 e. The third-order valence-corrected chi connectivity index (χ3v) is 2.69. The number of methoxy groups -OCH3 is 1. The van der Waals surface area contributed by atoms with Gasteiger partial charge in [-0.3, -0.25) is 0 Å². The summed E-state index contributed by atoms with van der Waals surface area (Å²) in [6.45, 7) is 10.6. The van der Waals surface area contributed by atoms with Gasteiger partial charge in [-0.05, 0) is 60.8 Å². The molecule has 2 amide bonds. The van der Waals surface area contributed by atoms with Crippen molar-refractivity contribution < 1.29 is 28.6 Å². The lowest BCUT2D eigenvalue weighted by Crippen LogP contribution is -2.44. The molecule has 0 aliphatic heterocycles. The fourth-order valence-corrected chi connectivity index (χ4v) is 1.67. The number of hydrogen-bond acceptors (Lipinski definition) is 6.